The predicted octanol–water partition coefficient (Wildman–Crippen LogP) is 4.75. The van der Waals surface area contributed by atoms with Gasteiger partial charge in [-0.25, -0.2) is 0 Å². The number of hydrogen-bond donors (Lipinski definition) is 1. The van der Waals surface area contributed by atoms with Crippen molar-refractivity contribution in [2.45, 2.75) is 57.2 Å². The Labute approximate surface area is 122 Å². The number of fused-ring (bicyclic) bond motifs is 1. The Balaban J connectivity index is 2.17. The van der Waals surface area contributed by atoms with Crippen LogP contribution < -0.4 is 5.32 Å². The molecule has 0 fully saturated rings. The first-order chi connectivity index (χ1) is 9.27. The lowest BCUT2D eigenvalue weighted by Crippen LogP contribution is -2.35. The minimum Gasteiger partial charge on any atom is -0.309 e. The first-order valence-electron chi connectivity index (χ1n) is 7.71. The van der Waals surface area contributed by atoms with Gasteiger partial charge in [0.25, 0.3) is 0 Å². The molecule has 0 saturated heterocycles. The molecule has 1 N–H and O–H groups in total. The molecular weight excluding hydrogens is 250 g/mol. The van der Waals surface area contributed by atoms with E-state index in [1.807, 2.05) is 0 Å². The molecule has 0 radical (unpaired) electrons. The van der Waals surface area contributed by atoms with Gasteiger partial charge >= 0.3 is 0 Å². The van der Waals surface area contributed by atoms with Crippen LogP contribution in [0, 0.1) is 0 Å². The third-order valence-electron chi connectivity index (χ3n) is 4.07. The molecule has 0 aromatic heterocycles. The van der Waals surface area contributed by atoms with E-state index in [9.17, 15) is 0 Å². The molecule has 1 nitrogen and oxygen atoms in total. The molecule has 0 bridgehead atoms. The molecule has 0 heterocycles. The maximum Gasteiger partial charge on any atom is 0.0443 e. The van der Waals surface area contributed by atoms with Crippen LogP contribution >= 0.6 is 11.8 Å². The van der Waals surface area contributed by atoms with Crippen molar-refractivity contribution in [3.8, 4) is 0 Å². The lowest BCUT2D eigenvalue weighted by Gasteiger charge is -2.37. The van der Waals surface area contributed by atoms with Gasteiger partial charge in [0.05, 0.1) is 0 Å². The van der Waals surface area contributed by atoms with Crippen LogP contribution in [0.4, 0.5) is 0 Å². The number of benzene rings is 1. The Morgan fingerprint density at radius 1 is 1.21 bits per heavy atom. The van der Waals surface area contributed by atoms with Gasteiger partial charge in [-0.1, -0.05) is 51.5 Å². The van der Waals surface area contributed by atoms with E-state index in [1.54, 1.807) is 5.56 Å². The zero-order chi connectivity index (χ0) is 13.7. The van der Waals surface area contributed by atoms with Crippen LogP contribution in [0.15, 0.2) is 24.3 Å². The lowest BCUT2D eigenvalue weighted by atomic mass is 9.80. The largest absolute Gasteiger partial charge is 0.309 e. The second-order valence-corrected chi connectivity index (χ2v) is 6.91. The third-order valence-corrected chi connectivity index (χ3v) is 5.49. The van der Waals surface area contributed by atoms with E-state index in [2.05, 4.69) is 62.1 Å². The number of rotatable bonds is 6. The molecule has 106 valence electrons. The molecule has 0 saturated carbocycles. The summed E-state index contributed by atoms with van der Waals surface area (Å²) in [6, 6.07) is 9.56. The van der Waals surface area contributed by atoms with E-state index in [0.29, 0.717) is 12.0 Å². The molecule has 0 spiro atoms. The topological polar surface area (TPSA) is 12.0 Å². The molecule has 1 aliphatic rings. The third kappa shape index (κ3) is 3.55. The molecule has 0 aliphatic heterocycles. The highest BCUT2D eigenvalue weighted by atomic mass is 32.2. The molecule has 3 atom stereocenters. The smallest absolute Gasteiger partial charge is 0.0443 e. The van der Waals surface area contributed by atoms with Crippen molar-refractivity contribution in [2.75, 3.05) is 12.3 Å². The monoisotopic (exact) mass is 277 g/mol. The minimum atomic E-state index is 0.541. The fourth-order valence-corrected chi connectivity index (χ4v) is 4.68. The normalized spacial score (nSPS) is 26.2. The summed E-state index contributed by atoms with van der Waals surface area (Å²) >= 11 is 2.17. The highest BCUT2D eigenvalue weighted by Crippen LogP contribution is 2.42. The SMILES string of the molecule is CCCCSC1CC(C)c2ccccc2C1NCC. The van der Waals surface area contributed by atoms with Crippen molar-refractivity contribution in [3.63, 3.8) is 0 Å². The summed E-state index contributed by atoms with van der Waals surface area (Å²) in [4.78, 5) is 0. The number of nitrogens with one attached hydrogen (secondary N) is 1. The van der Waals surface area contributed by atoms with Gasteiger partial charge in [0.15, 0.2) is 0 Å². The average Bonchev–Trinajstić information content (AvgIpc) is 2.43. The Morgan fingerprint density at radius 2 is 1.95 bits per heavy atom. The summed E-state index contributed by atoms with van der Waals surface area (Å²) in [6.45, 7) is 7.93. The second kappa shape index (κ2) is 7.35. The van der Waals surface area contributed by atoms with Crippen LogP contribution in [0.3, 0.4) is 0 Å². The van der Waals surface area contributed by atoms with E-state index >= 15 is 0 Å². The summed E-state index contributed by atoms with van der Waals surface area (Å²) in [7, 11) is 0. The minimum absolute atomic E-state index is 0.541. The van der Waals surface area contributed by atoms with Crippen LogP contribution in [0.5, 0.6) is 0 Å². The summed E-state index contributed by atoms with van der Waals surface area (Å²) in [5.74, 6) is 2.00. The van der Waals surface area contributed by atoms with E-state index in [4.69, 9.17) is 0 Å². The van der Waals surface area contributed by atoms with Crippen molar-refractivity contribution in [1.29, 1.82) is 0 Å². The second-order valence-electron chi connectivity index (χ2n) is 5.56. The molecule has 1 aromatic carbocycles. The van der Waals surface area contributed by atoms with Crippen LogP contribution in [0.2, 0.25) is 0 Å². The van der Waals surface area contributed by atoms with Gasteiger partial charge in [-0.2, -0.15) is 11.8 Å². The molecule has 3 unspecified atom stereocenters. The Hall–Kier alpha value is -0.470. The first kappa shape index (κ1) is 14.9. The first-order valence-corrected chi connectivity index (χ1v) is 8.76. The lowest BCUT2D eigenvalue weighted by molar-refractivity contribution is 0.453. The Bertz CT molecular complexity index is 391. The fraction of sp³-hybridized carbons (Fsp3) is 0.647. The zero-order valence-electron chi connectivity index (χ0n) is 12.5. The summed E-state index contributed by atoms with van der Waals surface area (Å²) in [5, 5.41) is 4.45. The van der Waals surface area contributed by atoms with E-state index < -0.39 is 0 Å². The van der Waals surface area contributed by atoms with E-state index in [1.165, 1.54) is 30.6 Å². The maximum atomic E-state index is 3.72. The number of hydrogen-bond acceptors (Lipinski definition) is 2. The van der Waals surface area contributed by atoms with Crippen molar-refractivity contribution in [3.05, 3.63) is 35.4 Å². The quantitative estimate of drug-likeness (QED) is 0.753. The highest BCUT2D eigenvalue weighted by Gasteiger charge is 2.32. The average molecular weight is 277 g/mol. The van der Waals surface area contributed by atoms with Gasteiger partial charge < -0.3 is 5.32 Å². The van der Waals surface area contributed by atoms with E-state index in [-0.39, 0.29) is 0 Å². The molecular formula is C17H27NS. The van der Waals surface area contributed by atoms with Gasteiger partial charge in [0, 0.05) is 11.3 Å². The van der Waals surface area contributed by atoms with Gasteiger partial charge in [-0.3, -0.25) is 0 Å². The Kier molecular flexibility index (Phi) is 5.77. The van der Waals surface area contributed by atoms with Crippen molar-refractivity contribution in [2.24, 2.45) is 0 Å². The molecule has 2 heteroatoms. The highest BCUT2D eigenvalue weighted by molar-refractivity contribution is 7.99. The predicted molar refractivity (Wildman–Crippen MR) is 87.0 cm³/mol. The zero-order valence-corrected chi connectivity index (χ0v) is 13.3. The van der Waals surface area contributed by atoms with Crippen molar-refractivity contribution >= 4 is 11.8 Å². The van der Waals surface area contributed by atoms with Crippen molar-refractivity contribution < 1.29 is 0 Å². The van der Waals surface area contributed by atoms with Crippen LogP contribution in [-0.2, 0) is 0 Å². The summed E-state index contributed by atoms with van der Waals surface area (Å²) < 4.78 is 0. The van der Waals surface area contributed by atoms with Gasteiger partial charge in [-0.15, -0.1) is 0 Å². The molecule has 1 aromatic rings. The molecule has 2 rings (SSSR count). The summed E-state index contributed by atoms with van der Waals surface area (Å²) in [5.41, 5.74) is 3.10. The molecule has 19 heavy (non-hydrogen) atoms. The Morgan fingerprint density at radius 3 is 2.63 bits per heavy atom. The fourth-order valence-electron chi connectivity index (χ4n) is 3.06. The standard InChI is InChI=1S/C17H27NS/c1-4-6-11-19-16-12-13(3)14-9-7-8-10-15(14)17(16)18-5-2/h7-10,13,16-18H,4-6,11-12H2,1-3H3. The van der Waals surface area contributed by atoms with Crippen LogP contribution in [0.1, 0.15) is 63.1 Å². The van der Waals surface area contributed by atoms with Gasteiger partial charge in [-0.05, 0) is 42.2 Å². The van der Waals surface area contributed by atoms with Crippen molar-refractivity contribution in [1.82, 2.24) is 5.32 Å². The van der Waals surface area contributed by atoms with Gasteiger partial charge in [0.2, 0.25) is 0 Å². The molecule has 1 aliphatic carbocycles. The summed E-state index contributed by atoms with van der Waals surface area (Å²) in [6.07, 6.45) is 3.96. The van der Waals surface area contributed by atoms with Crippen LogP contribution in [-0.4, -0.2) is 17.5 Å². The number of unbranched alkanes of at least 4 members (excludes halogenated alkanes) is 1. The van der Waals surface area contributed by atoms with E-state index in [0.717, 1.165) is 11.8 Å². The number of thioether (sulfide) groups is 1. The maximum absolute atomic E-state index is 3.72. The molecule has 0 amide bonds. The van der Waals surface area contributed by atoms with Gasteiger partial charge in [0.1, 0.15) is 0 Å². The van der Waals surface area contributed by atoms with Crippen LogP contribution in [0.25, 0.3) is 0 Å².